The van der Waals surface area contributed by atoms with Crippen LogP contribution in [0.4, 0.5) is 0 Å². The summed E-state index contributed by atoms with van der Waals surface area (Å²) in [5, 5.41) is 0. The molecule has 2 atom stereocenters. The Bertz CT molecular complexity index is 642. The van der Waals surface area contributed by atoms with Crippen LogP contribution < -0.4 is 4.46 Å². The van der Waals surface area contributed by atoms with E-state index in [0.717, 1.165) is 23.7 Å². The fourth-order valence-electron chi connectivity index (χ4n) is 2.80. The van der Waals surface area contributed by atoms with E-state index in [1.807, 2.05) is 30.3 Å². The molecule has 1 saturated carbocycles. The van der Waals surface area contributed by atoms with E-state index in [4.69, 9.17) is 4.74 Å². The van der Waals surface area contributed by atoms with E-state index < -0.39 is 0 Å². The fraction of sp³-hybridized carbons (Fsp3) is 0.316. The first kappa shape index (κ1) is 16.8. The van der Waals surface area contributed by atoms with E-state index in [9.17, 15) is 4.79 Å². The molecule has 23 heavy (non-hydrogen) atoms. The van der Waals surface area contributed by atoms with Crippen LogP contribution in [0.3, 0.4) is 0 Å². The van der Waals surface area contributed by atoms with Crippen LogP contribution >= 0.6 is 15.9 Å². The van der Waals surface area contributed by atoms with Crippen LogP contribution in [0.25, 0.3) is 0 Å². The summed E-state index contributed by atoms with van der Waals surface area (Å²) in [4.78, 5) is 12.9. The van der Waals surface area contributed by atoms with Crippen molar-refractivity contribution in [3.63, 3.8) is 0 Å². The van der Waals surface area contributed by atoms with Gasteiger partial charge in [0.2, 0.25) is 0 Å². The summed E-state index contributed by atoms with van der Waals surface area (Å²) < 4.78 is 8.22. The van der Waals surface area contributed by atoms with Crippen LogP contribution in [0.1, 0.15) is 36.0 Å². The van der Waals surface area contributed by atoms with Gasteiger partial charge in [-0.15, -0.1) is 0 Å². The molecule has 120 valence electrons. The number of halogens is 1. The molecule has 0 bridgehead atoms. The van der Waals surface area contributed by atoms with Gasteiger partial charge in [0.25, 0.3) is 0 Å². The van der Waals surface area contributed by atoms with Crippen molar-refractivity contribution in [1.82, 2.24) is 0 Å². The fourth-order valence-corrected chi connectivity index (χ4v) is 5.77. The zero-order valence-electron chi connectivity index (χ0n) is 12.8. The molecule has 0 radical (unpaired) electrons. The number of esters is 1. The van der Waals surface area contributed by atoms with Gasteiger partial charge in [-0.25, -0.2) is 0 Å². The Morgan fingerprint density at radius 2 is 1.70 bits per heavy atom. The van der Waals surface area contributed by atoms with E-state index in [2.05, 4.69) is 40.2 Å². The van der Waals surface area contributed by atoms with Gasteiger partial charge in [0.1, 0.15) is 0 Å². The van der Waals surface area contributed by atoms with Crippen molar-refractivity contribution < 1.29 is 9.53 Å². The minimum absolute atomic E-state index is 0.0557. The zero-order chi connectivity index (χ0) is 16.1. The van der Waals surface area contributed by atoms with E-state index in [1.165, 1.54) is 10.9 Å². The van der Waals surface area contributed by atoms with Gasteiger partial charge in [-0.3, -0.25) is 0 Å². The molecule has 2 nitrogen and oxygen atoms in total. The summed E-state index contributed by atoms with van der Waals surface area (Å²) in [5.74, 6) is -0.196. The maximum atomic E-state index is 12.4. The molecule has 0 aromatic heterocycles. The Balaban J connectivity index is 1.66. The average Bonchev–Trinajstić information content (AvgIpc) is 2.58. The van der Waals surface area contributed by atoms with Gasteiger partial charge >= 0.3 is 152 Å². The first-order chi connectivity index (χ1) is 11.2. The van der Waals surface area contributed by atoms with Crippen molar-refractivity contribution in [3.05, 3.63) is 64.6 Å². The van der Waals surface area contributed by atoms with Crippen LogP contribution in [-0.2, 0) is 4.74 Å². The van der Waals surface area contributed by atoms with E-state index >= 15 is 0 Å². The monoisotopic (exact) mass is 438 g/mol. The minimum atomic E-state index is -0.196. The predicted octanol–water partition coefficient (Wildman–Crippen LogP) is 4.37. The number of benzene rings is 2. The molecule has 1 aliphatic carbocycles. The molecule has 0 spiro atoms. The molecular formula is C19H19BrO2Se. The van der Waals surface area contributed by atoms with Crippen LogP contribution in [0.2, 0.25) is 4.82 Å². The summed E-state index contributed by atoms with van der Waals surface area (Å²) in [7, 11) is 0. The van der Waals surface area contributed by atoms with Gasteiger partial charge < -0.3 is 0 Å². The molecule has 0 aliphatic heterocycles. The Morgan fingerprint density at radius 1 is 1.00 bits per heavy atom. The summed E-state index contributed by atoms with van der Waals surface area (Å²) in [6.45, 7) is 0. The molecular weight excluding hydrogens is 419 g/mol. The Labute approximate surface area is 151 Å². The molecule has 0 saturated heterocycles. The van der Waals surface area contributed by atoms with Crippen LogP contribution in [-0.4, -0.2) is 27.0 Å². The summed E-state index contributed by atoms with van der Waals surface area (Å²) >= 11 is 3.74. The topological polar surface area (TPSA) is 26.3 Å². The van der Waals surface area contributed by atoms with Crippen molar-refractivity contribution in [3.8, 4) is 0 Å². The van der Waals surface area contributed by atoms with Crippen LogP contribution in [0, 0.1) is 0 Å². The van der Waals surface area contributed by atoms with E-state index in [0.29, 0.717) is 25.3 Å². The SMILES string of the molecule is O=C(OC1CCCCC1[Se]c1ccccc1)c1ccc(Br)cc1. The predicted molar refractivity (Wildman–Crippen MR) is 97.4 cm³/mol. The second kappa shape index (κ2) is 8.14. The number of carbonyl (C=O) groups excluding carboxylic acids is 1. The van der Waals surface area contributed by atoms with Crippen molar-refractivity contribution in [2.45, 2.75) is 36.6 Å². The molecule has 3 rings (SSSR count). The molecule has 2 unspecified atom stereocenters. The third-order valence-corrected chi connectivity index (χ3v) is 7.45. The van der Waals surface area contributed by atoms with Crippen LogP contribution in [0.15, 0.2) is 59.1 Å². The molecule has 4 heteroatoms. The number of rotatable bonds is 4. The van der Waals surface area contributed by atoms with E-state index in [-0.39, 0.29) is 12.1 Å². The van der Waals surface area contributed by atoms with Crippen LogP contribution in [0.5, 0.6) is 0 Å². The maximum absolute atomic E-state index is 12.4. The second-order valence-corrected chi connectivity index (χ2v) is 9.37. The van der Waals surface area contributed by atoms with Crippen molar-refractivity contribution in [2.75, 3.05) is 0 Å². The normalized spacial score (nSPS) is 20.9. The van der Waals surface area contributed by atoms with Gasteiger partial charge in [0.05, 0.1) is 0 Å². The van der Waals surface area contributed by atoms with Crippen molar-refractivity contribution in [2.24, 2.45) is 0 Å². The van der Waals surface area contributed by atoms with E-state index in [1.54, 1.807) is 0 Å². The van der Waals surface area contributed by atoms with Gasteiger partial charge in [-0.1, -0.05) is 0 Å². The molecule has 0 amide bonds. The van der Waals surface area contributed by atoms with Gasteiger partial charge in [-0.2, -0.15) is 0 Å². The number of hydrogen-bond donors (Lipinski definition) is 0. The molecule has 2 aromatic rings. The van der Waals surface area contributed by atoms with Crippen molar-refractivity contribution >= 4 is 41.3 Å². The van der Waals surface area contributed by atoms with Crippen molar-refractivity contribution in [1.29, 1.82) is 0 Å². The van der Waals surface area contributed by atoms with Gasteiger partial charge in [0.15, 0.2) is 0 Å². The molecule has 1 fully saturated rings. The van der Waals surface area contributed by atoms with Gasteiger partial charge in [0, 0.05) is 0 Å². The Morgan fingerprint density at radius 3 is 2.43 bits per heavy atom. The molecule has 0 N–H and O–H groups in total. The number of ether oxygens (including phenoxy) is 1. The third kappa shape index (κ3) is 4.69. The Kier molecular flexibility index (Phi) is 5.93. The summed E-state index contributed by atoms with van der Waals surface area (Å²) in [5.41, 5.74) is 0.629. The second-order valence-electron chi connectivity index (χ2n) is 5.70. The molecule has 0 heterocycles. The number of carbonyl (C=O) groups is 1. The summed E-state index contributed by atoms with van der Waals surface area (Å²) in [6, 6.07) is 18.0. The quantitative estimate of drug-likeness (QED) is 0.524. The average molecular weight is 438 g/mol. The number of hydrogen-bond acceptors (Lipinski definition) is 2. The molecule has 1 aliphatic rings. The molecule has 2 aromatic carbocycles. The first-order valence-corrected chi connectivity index (χ1v) is 10.5. The van der Waals surface area contributed by atoms with Gasteiger partial charge in [-0.05, 0) is 0 Å². The standard InChI is InChI=1S/C19H19BrO2Se/c20-15-12-10-14(11-13-15)19(21)22-17-8-4-5-9-18(17)23-16-6-2-1-3-7-16/h1-3,6-7,10-13,17-18H,4-5,8-9H2. The first-order valence-electron chi connectivity index (χ1n) is 7.90. The Hall–Kier alpha value is -1.09. The summed E-state index contributed by atoms with van der Waals surface area (Å²) in [6.07, 6.45) is 4.60. The zero-order valence-corrected chi connectivity index (χ0v) is 16.1. The third-order valence-electron chi connectivity index (χ3n) is 4.01.